The van der Waals surface area contributed by atoms with Gasteiger partial charge in [-0.25, -0.2) is 9.79 Å². The highest BCUT2D eigenvalue weighted by Gasteiger charge is 2.27. The third kappa shape index (κ3) is 4.11. The van der Waals surface area contributed by atoms with Crippen molar-refractivity contribution >= 4 is 17.9 Å². The van der Waals surface area contributed by atoms with E-state index >= 15 is 0 Å². The monoisotopic (exact) mass is 389 g/mol. The fourth-order valence-electron chi connectivity index (χ4n) is 2.62. The second-order valence-corrected chi connectivity index (χ2v) is 5.52. The van der Waals surface area contributed by atoms with Crippen molar-refractivity contribution in [3.8, 4) is 17.2 Å². The van der Waals surface area contributed by atoms with Gasteiger partial charge in [-0.15, -0.1) is 0 Å². The Balaban J connectivity index is 2.01. The number of hydrogen-bond donors (Lipinski definition) is 0. The molecule has 0 aromatic heterocycles. The lowest BCUT2D eigenvalue weighted by molar-refractivity contribution is -0.129. The molecule has 1 aliphatic rings. The first-order valence-electron chi connectivity index (χ1n) is 8.40. The number of hydrogen-bond acceptors (Lipinski definition) is 6. The Hall–Kier alpha value is -3.42. The molecule has 1 aliphatic heterocycles. The number of alkyl halides is 2. The van der Waals surface area contributed by atoms with Crippen LogP contribution in [0.4, 0.5) is 8.78 Å². The van der Waals surface area contributed by atoms with Crippen molar-refractivity contribution in [2.24, 2.45) is 4.99 Å². The van der Waals surface area contributed by atoms with E-state index in [-0.39, 0.29) is 28.7 Å². The molecule has 0 aliphatic carbocycles. The van der Waals surface area contributed by atoms with Gasteiger partial charge in [-0.3, -0.25) is 0 Å². The molecule has 8 heteroatoms. The molecule has 0 bridgehead atoms. The van der Waals surface area contributed by atoms with Gasteiger partial charge in [0.05, 0.1) is 19.3 Å². The first-order valence-corrected chi connectivity index (χ1v) is 8.40. The molecule has 28 heavy (non-hydrogen) atoms. The maximum absolute atomic E-state index is 12.8. The first kappa shape index (κ1) is 19.3. The van der Waals surface area contributed by atoms with Crippen LogP contribution in [0, 0.1) is 0 Å². The molecule has 3 rings (SSSR count). The molecule has 2 aromatic carbocycles. The van der Waals surface area contributed by atoms with Crippen LogP contribution in [0.1, 0.15) is 18.1 Å². The largest absolute Gasteiger partial charge is 0.493 e. The second-order valence-electron chi connectivity index (χ2n) is 5.52. The zero-order chi connectivity index (χ0) is 20.1. The number of para-hydroxylation sites is 2. The number of cyclic esters (lactones) is 1. The summed E-state index contributed by atoms with van der Waals surface area (Å²) in [4.78, 5) is 16.4. The minimum atomic E-state index is -3.05. The van der Waals surface area contributed by atoms with E-state index in [2.05, 4.69) is 9.73 Å². The quantitative estimate of drug-likeness (QED) is 0.528. The molecule has 0 radical (unpaired) electrons. The molecule has 0 amide bonds. The third-order valence-corrected chi connectivity index (χ3v) is 3.77. The lowest BCUT2D eigenvalue weighted by atomic mass is 10.1. The summed E-state index contributed by atoms with van der Waals surface area (Å²) in [6.07, 6.45) is 1.30. The Labute approximate surface area is 160 Å². The summed E-state index contributed by atoms with van der Waals surface area (Å²) >= 11 is 0. The fraction of sp³-hybridized carbons (Fsp3) is 0.200. The maximum Gasteiger partial charge on any atom is 0.387 e. The predicted octanol–water partition coefficient (Wildman–Crippen LogP) is 4.04. The lowest BCUT2D eigenvalue weighted by Crippen LogP contribution is -2.08. The number of carbonyl (C=O) groups is 1. The summed E-state index contributed by atoms with van der Waals surface area (Å²) in [5.41, 5.74) is 0.652. The normalized spacial score (nSPS) is 14.8. The summed E-state index contributed by atoms with van der Waals surface area (Å²) in [5.74, 6) is -0.224. The Bertz CT molecular complexity index is 940. The van der Waals surface area contributed by atoms with Crippen LogP contribution in [0.25, 0.3) is 6.08 Å². The van der Waals surface area contributed by atoms with Gasteiger partial charge in [-0.1, -0.05) is 24.3 Å². The van der Waals surface area contributed by atoms with Gasteiger partial charge in [0.2, 0.25) is 5.90 Å². The topological polar surface area (TPSA) is 66.3 Å². The van der Waals surface area contributed by atoms with Gasteiger partial charge in [0.1, 0.15) is 5.75 Å². The summed E-state index contributed by atoms with van der Waals surface area (Å²) in [5, 5.41) is 0. The van der Waals surface area contributed by atoms with Gasteiger partial charge in [0.25, 0.3) is 0 Å². The van der Waals surface area contributed by atoms with E-state index < -0.39 is 12.6 Å². The van der Waals surface area contributed by atoms with E-state index in [0.29, 0.717) is 17.9 Å². The van der Waals surface area contributed by atoms with E-state index in [1.54, 1.807) is 30.3 Å². The first-order chi connectivity index (χ1) is 13.5. The molecular weight excluding hydrogens is 372 g/mol. The summed E-state index contributed by atoms with van der Waals surface area (Å²) in [7, 11) is 1.33. The maximum atomic E-state index is 12.8. The third-order valence-electron chi connectivity index (χ3n) is 3.77. The summed E-state index contributed by atoms with van der Waals surface area (Å²) < 4.78 is 45.9. The van der Waals surface area contributed by atoms with E-state index in [1.807, 2.05) is 6.92 Å². The molecule has 0 unspecified atom stereocenters. The molecule has 6 nitrogen and oxygen atoms in total. The smallest absolute Gasteiger partial charge is 0.387 e. The van der Waals surface area contributed by atoms with Crippen LogP contribution in [0.5, 0.6) is 17.2 Å². The highest BCUT2D eigenvalue weighted by atomic mass is 19.3. The van der Waals surface area contributed by atoms with E-state index in [9.17, 15) is 13.6 Å². The van der Waals surface area contributed by atoms with Gasteiger partial charge < -0.3 is 18.9 Å². The van der Waals surface area contributed by atoms with Crippen LogP contribution in [0.3, 0.4) is 0 Å². The molecule has 0 atom stereocenters. The van der Waals surface area contributed by atoms with Crippen molar-refractivity contribution in [1.82, 2.24) is 0 Å². The van der Waals surface area contributed by atoms with E-state index in [1.165, 1.54) is 25.3 Å². The number of methoxy groups -OCH3 is 1. The molecule has 146 valence electrons. The van der Waals surface area contributed by atoms with Crippen molar-refractivity contribution in [2.75, 3.05) is 13.7 Å². The van der Waals surface area contributed by atoms with Crippen molar-refractivity contribution in [3.63, 3.8) is 0 Å². The zero-order valence-electron chi connectivity index (χ0n) is 15.1. The SMILES string of the molecule is CCOc1ccccc1C1=N/C(=C\c2cccc(OC)c2OC(F)F)C(=O)O1. The zero-order valence-corrected chi connectivity index (χ0v) is 15.1. The number of ether oxygens (including phenoxy) is 4. The van der Waals surface area contributed by atoms with Gasteiger partial charge in [-0.2, -0.15) is 8.78 Å². The minimum absolute atomic E-state index is 0.0614. The lowest BCUT2D eigenvalue weighted by Gasteiger charge is -2.12. The molecular formula is C20H17F2NO5. The van der Waals surface area contributed by atoms with Crippen molar-refractivity contribution in [3.05, 3.63) is 59.3 Å². The number of benzene rings is 2. The van der Waals surface area contributed by atoms with Gasteiger partial charge >= 0.3 is 12.6 Å². The number of rotatable bonds is 7. The summed E-state index contributed by atoms with van der Waals surface area (Å²) in [6.45, 7) is -0.794. The highest BCUT2D eigenvalue weighted by Crippen LogP contribution is 2.35. The second kappa shape index (κ2) is 8.51. The average molecular weight is 389 g/mol. The number of halogens is 2. The van der Waals surface area contributed by atoms with Crippen molar-refractivity contribution < 1.29 is 32.5 Å². The van der Waals surface area contributed by atoms with Crippen molar-refractivity contribution in [1.29, 1.82) is 0 Å². The minimum Gasteiger partial charge on any atom is -0.493 e. The molecule has 0 N–H and O–H groups in total. The van der Waals surface area contributed by atoms with Crippen LogP contribution in [-0.2, 0) is 9.53 Å². The molecule has 2 aromatic rings. The molecule has 0 saturated heterocycles. The molecule has 1 heterocycles. The predicted molar refractivity (Wildman–Crippen MR) is 97.8 cm³/mol. The van der Waals surface area contributed by atoms with Gasteiger partial charge in [0, 0.05) is 5.56 Å². The van der Waals surface area contributed by atoms with Crippen LogP contribution in [0.15, 0.2) is 53.2 Å². The fourth-order valence-corrected chi connectivity index (χ4v) is 2.62. The van der Waals surface area contributed by atoms with Crippen molar-refractivity contribution in [2.45, 2.75) is 13.5 Å². The van der Waals surface area contributed by atoms with Crippen LogP contribution >= 0.6 is 0 Å². The number of carbonyl (C=O) groups excluding carboxylic acids is 1. The summed E-state index contributed by atoms with van der Waals surface area (Å²) in [6, 6.07) is 11.5. The standard InChI is InChI=1S/C20H17F2NO5/c1-3-26-15-9-5-4-8-13(15)18-23-14(19(24)28-18)11-12-7-6-10-16(25-2)17(12)27-20(21)22/h4-11,20H,3H2,1-2H3/b14-11-. The number of aliphatic imine (C=N–C) groups is 1. The van der Waals surface area contributed by atoms with Gasteiger partial charge in [-0.05, 0) is 31.2 Å². The average Bonchev–Trinajstić information content (AvgIpc) is 3.04. The van der Waals surface area contributed by atoms with Crippen LogP contribution < -0.4 is 14.2 Å². The van der Waals surface area contributed by atoms with Gasteiger partial charge in [0.15, 0.2) is 17.2 Å². The Morgan fingerprint density at radius 3 is 2.61 bits per heavy atom. The molecule has 0 saturated carbocycles. The Kier molecular flexibility index (Phi) is 5.88. The van der Waals surface area contributed by atoms with Crippen LogP contribution in [-0.4, -0.2) is 32.2 Å². The Morgan fingerprint density at radius 2 is 1.89 bits per heavy atom. The number of nitrogens with zero attached hydrogens (tertiary/aromatic N) is 1. The van der Waals surface area contributed by atoms with E-state index in [0.717, 1.165) is 0 Å². The Morgan fingerprint density at radius 1 is 1.14 bits per heavy atom. The van der Waals surface area contributed by atoms with E-state index in [4.69, 9.17) is 14.2 Å². The molecule has 0 fully saturated rings. The highest BCUT2D eigenvalue weighted by molar-refractivity contribution is 6.13. The number of esters is 1. The molecule has 0 spiro atoms. The van der Waals surface area contributed by atoms with Crippen LogP contribution in [0.2, 0.25) is 0 Å².